The van der Waals surface area contributed by atoms with Gasteiger partial charge in [0.1, 0.15) is 12.2 Å². The van der Waals surface area contributed by atoms with Gasteiger partial charge in [0.05, 0.1) is 6.10 Å². The van der Waals surface area contributed by atoms with Gasteiger partial charge in [0.15, 0.2) is 6.29 Å². The molecule has 0 saturated heterocycles. The summed E-state index contributed by atoms with van der Waals surface area (Å²) in [5.74, 6) is 0. The highest BCUT2D eigenvalue weighted by atomic mass is 16.4. The third kappa shape index (κ3) is 2.66. The van der Waals surface area contributed by atoms with Gasteiger partial charge in [0.25, 0.3) is 0 Å². The van der Waals surface area contributed by atoms with Crippen LogP contribution in [0.5, 0.6) is 0 Å². The highest BCUT2D eigenvalue weighted by Crippen LogP contribution is 2.15. The second-order valence-electron chi connectivity index (χ2n) is 2.77. The molecule has 0 amide bonds. The van der Waals surface area contributed by atoms with E-state index in [-0.39, 0.29) is 6.29 Å². The fraction of sp³-hybridized carbons (Fsp3) is 0.833. The van der Waals surface area contributed by atoms with Gasteiger partial charge >= 0.3 is 0 Å². The normalized spacial score (nSPS) is 21.2. The molecule has 0 rings (SSSR count). The Morgan fingerprint density at radius 3 is 2.29 bits per heavy atom. The zero-order chi connectivity index (χ0) is 11.4. The van der Waals surface area contributed by atoms with Gasteiger partial charge in [-0.05, 0) is 17.6 Å². The SMILES string of the molecule is C[C@H](O)[C@@H](O)[C@@H](O)[C@](O)(C=O)N=[N+]=[N-]. The quantitative estimate of drug-likeness (QED) is 0.182. The molecule has 0 aliphatic heterocycles. The summed E-state index contributed by atoms with van der Waals surface area (Å²) >= 11 is 0. The molecule has 80 valence electrons. The van der Waals surface area contributed by atoms with Gasteiger partial charge in [0.2, 0.25) is 5.72 Å². The van der Waals surface area contributed by atoms with Crippen molar-refractivity contribution in [3.63, 3.8) is 0 Å². The zero-order valence-corrected chi connectivity index (χ0v) is 7.35. The molecule has 0 radical (unpaired) electrons. The van der Waals surface area contributed by atoms with Crippen LogP contribution in [-0.4, -0.2) is 50.7 Å². The van der Waals surface area contributed by atoms with Crippen molar-refractivity contribution in [2.24, 2.45) is 5.11 Å². The molecule has 0 aromatic rings. The predicted molar refractivity (Wildman–Crippen MR) is 43.9 cm³/mol. The van der Waals surface area contributed by atoms with Crippen molar-refractivity contribution in [3.05, 3.63) is 10.4 Å². The molecular formula is C6H11N3O5. The minimum atomic E-state index is -2.77. The fourth-order valence-corrected chi connectivity index (χ4v) is 0.739. The maximum absolute atomic E-state index is 10.3. The van der Waals surface area contributed by atoms with Gasteiger partial charge in [-0.2, -0.15) is 0 Å². The van der Waals surface area contributed by atoms with Gasteiger partial charge in [0, 0.05) is 4.91 Å². The lowest BCUT2D eigenvalue weighted by Crippen LogP contribution is -2.52. The van der Waals surface area contributed by atoms with Crippen molar-refractivity contribution in [3.8, 4) is 0 Å². The summed E-state index contributed by atoms with van der Waals surface area (Å²) in [4.78, 5) is 12.5. The van der Waals surface area contributed by atoms with Gasteiger partial charge in [-0.3, -0.25) is 4.79 Å². The van der Waals surface area contributed by atoms with Gasteiger partial charge < -0.3 is 20.4 Å². The molecule has 0 heterocycles. The first-order valence-electron chi connectivity index (χ1n) is 3.68. The van der Waals surface area contributed by atoms with Crippen LogP contribution in [0.25, 0.3) is 10.4 Å². The van der Waals surface area contributed by atoms with Crippen molar-refractivity contribution < 1.29 is 25.2 Å². The van der Waals surface area contributed by atoms with E-state index in [4.69, 9.17) is 15.7 Å². The lowest BCUT2D eigenvalue weighted by atomic mass is 10.0. The Morgan fingerprint density at radius 2 is 2.00 bits per heavy atom. The molecule has 14 heavy (non-hydrogen) atoms. The monoisotopic (exact) mass is 205 g/mol. The standard InChI is InChI=1S/C6H11N3O5/c1-3(11)4(12)5(13)6(14,2-10)8-9-7/h2-5,11-14H,1H3/t3-,4+,5+,6+/m0/s1. The Labute approximate surface area is 79.0 Å². The molecule has 0 bridgehead atoms. The van der Waals surface area contributed by atoms with Crippen LogP contribution in [-0.2, 0) is 4.79 Å². The van der Waals surface area contributed by atoms with Crippen molar-refractivity contribution in [1.82, 2.24) is 0 Å². The van der Waals surface area contributed by atoms with E-state index in [1.807, 2.05) is 0 Å². The predicted octanol–water partition coefficient (Wildman–Crippen LogP) is -1.71. The Balaban J connectivity index is 4.86. The van der Waals surface area contributed by atoms with E-state index in [1.165, 1.54) is 0 Å². The number of carbonyl (C=O) groups excluding carboxylic acids is 1. The lowest BCUT2D eigenvalue weighted by molar-refractivity contribution is -0.158. The topological polar surface area (TPSA) is 147 Å². The second-order valence-corrected chi connectivity index (χ2v) is 2.77. The zero-order valence-electron chi connectivity index (χ0n) is 7.35. The Morgan fingerprint density at radius 1 is 1.50 bits per heavy atom. The highest BCUT2D eigenvalue weighted by Gasteiger charge is 2.41. The largest absolute Gasteiger partial charge is 0.391 e. The molecule has 4 N–H and O–H groups in total. The van der Waals surface area contributed by atoms with Gasteiger partial charge in [-0.1, -0.05) is 0 Å². The first-order chi connectivity index (χ1) is 6.39. The third-order valence-corrected chi connectivity index (χ3v) is 1.63. The molecule has 4 atom stereocenters. The summed E-state index contributed by atoms with van der Waals surface area (Å²) in [5, 5.41) is 38.9. The molecule has 0 saturated carbocycles. The average Bonchev–Trinajstić information content (AvgIpc) is 2.15. The number of aldehydes is 1. The Hall–Kier alpha value is -1.18. The Bertz CT molecular complexity index is 252. The van der Waals surface area contributed by atoms with Crippen LogP contribution in [0.3, 0.4) is 0 Å². The van der Waals surface area contributed by atoms with E-state index in [0.717, 1.165) is 6.92 Å². The Kier molecular flexibility index (Phi) is 4.48. The maximum atomic E-state index is 10.3. The second kappa shape index (κ2) is 4.89. The molecule has 0 aliphatic rings. The third-order valence-electron chi connectivity index (χ3n) is 1.63. The minimum Gasteiger partial charge on any atom is -0.391 e. The van der Waals surface area contributed by atoms with Crippen LogP contribution in [0.1, 0.15) is 6.92 Å². The molecule has 8 nitrogen and oxygen atoms in total. The van der Waals surface area contributed by atoms with Crippen molar-refractivity contribution >= 4 is 6.29 Å². The van der Waals surface area contributed by atoms with E-state index >= 15 is 0 Å². The van der Waals surface area contributed by atoms with Crippen molar-refractivity contribution in [2.75, 3.05) is 0 Å². The summed E-state index contributed by atoms with van der Waals surface area (Å²) in [6, 6.07) is 0. The highest BCUT2D eigenvalue weighted by molar-refractivity contribution is 5.62. The van der Waals surface area contributed by atoms with Crippen LogP contribution in [0.2, 0.25) is 0 Å². The van der Waals surface area contributed by atoms with Crippen molar-refractivity contribution in [1.29, 1.82) is 0 Å². The smallest absolute Gasteiger partial charge is 0.227 e. The lowest BCUT2D eigenvalue weighted by Gasteiger charge is -2.27. The number of aliphatic hydroxyl groups excluding tert-OH is 3. The molecule has 0 spiro atoms. The van der Waals surface area contributed by atoms with E-state index < -0.39 is 24.0 Å². The minimum absolute atomic E-state index is 0.219. The number of hydrogen-bond acceptors (Lipinski definition) is 6. The number of hydrogen-bond donors (Lipinski definition) is 4. The van der Waals surface area contributed by atoms with Gasteiger partial charge in [-0.15, -0.1) is 0 Å². The average molecular weight is 205 g/mol. The summed E-state index contributed by atoms with van der Waals surface area (Å²) in [7, 11) is 0. The molecule has 0 unspecified atom stereocenters. The molecule has 0 aromatic heterocycles. The molecule has 0 aromatic carbocycles. The van der Waals surface area contributed by atoms with Crippen LogP contribution in [0.4, 0.5) is 0 Å². The van der Waals surface area contributed by atoms with E-state index in [0.29, 0.717) is 0 Å². The van der Waals surface area contributed by atoms with Crippen LogP contribution in [0.15, 0.2) is 5.11 Å². The summed E-state index contributed by atoms with van der Waals surface area (Å²) in [6.45, 7) is 1.13. The van der Waals surface area contributed by atoms with Crippen LogP contribution in [0, 0.1) is 0 Å². The maximum Gasteiger partial charge on any atom is 0.227 e. The fourth-order valence-electron chi connectivity index (χ4n) is 0.739. The van der Waals surface area contributed by atoms with E-state index in [1.54, 1.807) is 0 Å². The number of aliphatic hydroxyl groups is 4. The van der Waals surface area contributed by atoms with Crippen molar-refractivity contribution in [2.45, 2.75) is 31.0 Å². The van der Waals surface area contributed by atoms with E-state index in [2.05, 4.69) is 10.0 Å². The van der Waals surface area contributed by atoms with Gasteiger partial charge in [-0.25, -0.2) is 0 Å². The summed E-state index contributed by atoms with van der Waals surface area (Å²) in [6.07, 6.45) is -5.49. The molecular weight excluding hydrogens is 194 g/mol. The molecule has 8 heteroatoms. The number of azide groups is 1. The van der Waals surface area contributed by atoms with E-state index in [9.17, 15) is 15.0 Å². The van der Waals surface area contributed by atoms with Crippen LogP contribution < -0.4 is 0 Å². The first-order valence-corrected chi connectivity index (χ1v) is 3.68. The first kappa shape index (κ1) is 12.8. The van der Waals surface area contributed by atoms with Crippen LogP contribution >= 0.6 is 0 Å². The summed E-state index contributed by atoms with van der Waals surface area (Å²) < 4.78 is 0. The molecule has 0 fully saturated rings. The number of rotatable bonds is 5. The number of nitrogens with zero attached hydrogens (tertiary/aromatic N) is 3. The molecule has 0 aliphatic carbocycles. The number of carbonyl (C=O) groups is 1. The summed E-state index contributed by atoms with van der Waals surface area (Å²) in [5.41, 5.74) is 5.21.